The van der Waals surface area contributed by atoms with E-state index >= 15 is 0 Å². The van der Waals surface area contributed by atoms with Crippen LogP contribution in [-0.2, 0) is 53.5 Å². The van der Waals surface area contributed by atoms with Crippen molar-refractivity contribution in [3.63, 3.8) is 0 Å². The monoisotopic (exact) mass is 1540 g/mol. The Labute approximate surface area is 596 Å². The Morgan fingerprint density at radius 2 is 1.16 bits per heavy atom. The number of rotatable bonds is 20. The number of nitrogens with zero attached hydrogens (tertiary/aromatic N) is 2. The van der Waals surface area contributed by atoms with E-state index in [1.54, 1.807) is 0 Å². The molecule has 2 unspecified atom stereocenters. The van der Waals surface area contributed by atoms with E-state index in [-0.39, 0.29) is 13.3 Å². The molecule has 8 rings (SSSR count). The van der Waals surface area contributed by atoms with Crippen LogP contribution in [0.15, 0.2) is 147 Å². The van der Waals surface area contributed by atoms with E-state index in [0.29, 0.717) is 5.75 Å². The third-order valence-electron chi connectivity index (χ3n) is 15.4. The average Bonchev–Trinajstić information content (AvgIpc) is 0.859. The predicted octanol–water partition coefficient (Wildman–Crippen LogP) is 25.4. The Hall–Kier alpha value is -4.27. The summed E-state index contributed by atoms with van der Waals surface area (Å²) in [7, 11) is 0.0983. The molecule has 0 radical (unpaired) electrons. The van der Waals surface area contributed by atoms with Crippen molar-refractivity contribution < 1.29 is 32.3 Å². The number of hydrogen-bond donors (Lipinski definition) is 1. The zero-order valence-corrected chi connectivity index (χ0v) is 68.8. The van der Waals surface area contributed by atoms with Crippen molar-refractivity contribution in [2.24, 2.45) is 3.50 Å². The first-order valence-corrected chi connectivity index (χ1v) is 47.6. The number of hydrogen-bond acceptors (Lipinski definition) is 4. The van der Waals surface area contributed by atoms with Crippen LogP contribution in [0.3, 0.4) is 0 Å². The van der Waals surface area contributed by atoms with Crippen molar-refractivity contribution in [1.82, 2.24) is 4.98 Å². The van der Waals surface area contributed by atoms with Gasteiger partial charge in [-0.3, -0.25) is 0 Å². The van der Waals surface area contributed by atoms with Gasteiger partial charge in [-0.15, -0.1) is 29.5 Å². The van der Waals surface area contributed by atoms with Crippen molar-refractivity contribution in [3.8, 4) is 45.6 Å². The molecule has 6 aromatic rings. The van der Waals surface area contributed by atoms with Crippen molar-refractivity contribution in [2.45, 2.75) is 229 Å². The van der Waals surface area contributed by atoms with Gasteiger partial charge in [-0.05, 0) is 190 Å². The van der Waals surface area contributed by atoms with Gasteiger partial charge in [0.1, 0.15) is 27.6 Å². The number of fused-ring (bicyclic) bond motifs is 2. The zero-order chi connectivity index (χ0) is 68.8. The van der Waals surface area contributed by atoms with E-state index in [0.717, 1.165) is 72.1 Å². The van der Waals surface area contributed by atoms with Crippen LogP contribution in [0.4, 0.5) is 5.69 Å². The molecule has 93 heavy (non-hydrogen) atoms. The fourth-order valence-corrected chi connectivity index (χ4v) is 15.2. The van der Waals surface area contributed by atoms with Crippen LogP contribution < -0.4 is 9.72 Å². The zero-order valence-electron chi connectivity index (χ0n) is 59.5. The molecule has 5 aromatic carbocycles. The normalized spacial score (nSPS) is 12.5. The van der Waals surface area contributed by atoms with Gasteiger partial charge in [0.2, 0.25) is 0 Å². The molecular weight excluding hydrogens is 1420 g/mol. The molecule has 2 aliphatic carbocycles. The molecule has 5 nitrogen and oxygen atoms in total. The van der Waals surface area contributed by atoms with Gasteiger partial charge in [-0.1, -0.05) is 146 Å². The molecule has 0 aliphatic heterocycles. The third kappa shape index (κ3) is 34.5. The molecule has 0 spiro atoms. The summed E-state index contributed by atoms with van der Waals surface area (Å²) in [5.74, 6) is 7.89. The van der Waals surface area contributed by atoms with Crippen LogP contribution in [0.25, 0.3) is 11.1 Å². The van der Waals surface area contributed by atoms with Gasteiger partial charge in [0.15, 0.2) is 0 Å². The summed E-state index contributed by atoms with van der Waals surface area (Å²) in [6.07, 6.45) is 31.7. The second-order valence-electron chi connectivity index (χ2n) is 26.9. The second-order valence-corrected chi connectivity index (χ2v) is 43.2. The average molecular weight is 1540 g/mol. The SMILES string of the molecule is C=CCCCCCCC#C[Si](C)(C)C.C=COc1ccc(C)cc1.CP(P)O/C=C\CCCCCCC#C[Si](C)(C)C.Cc1c(Br)cc2c(c1-c1c(O)c(Br)cc3c1CCCC3)CCCC2.Cc1ccc(C)[n-]1.Cc1cccc(C)c1[N]=[Mo]=[CH]C(C)(C)c1ccccc1. The number of allylic oxidation sites excluding steroid dienone is 2. The number of aromatic hydroxyl groups is 1. The summed E-state index contributed by atoms with van der Waals surface area (Å²) in [5.41, 5.74) is 24.8. The summed E-state index contributed by atoms with van der Waals surface area (Å²) in [4.78, 5) is 4.11. The second kappa shape index (κ2) is 45.3. The maximum absolute atomic E-state index is 11.0. The molecule has 0 saturated carbocycles. The fraction of sp³-hybridized carbons (Fsp3) is 0.444. The first-order valence-electron chi connectivity index (χ1n) is 33.7. The van der Waals surface area contributed by atoms with Gasteiger partial charge in [-0.25, -0.2) is 0 Å². The van der Waals surface area contributed by atoms with Crippen LogP contribution in [-0.4, -0.2) is 32.3 Å². The van der Waals surface area contributed by atoms with E-state index in [9.17, 15) is 5.11 Å². The molecule has 0 saturated heterocycles. The molecule has 1 N–H and O–H groups in total. The number of phenols is 1. The Morgan fingerprint density at radius 3 is 1.66 bits per heavy atom. The fourth-order valence-electron chi connectivity index (χ4n) is 10.4. The van der Waals surface area contributed by atoms with Crippen LogP contribution >= 0.6 is 48.6 Å². The van der Waals surface area contributed by atoms with Gasteiger partial charge in [0.05, 0.1) is 24.8 Å². The van der Waals surface area contributed by atoms with E-state index in [2.05, 4.69) is 234 Å². The van der Waals surface area contributed by atoms with Crippen molar-refractivity contribution in [3.05, 3.63) is 205 Å². The molecule has 504 valence electrons. The standard InChI is InChI=1S/C21H22Br2O.C14H28OP2Si.C13H24Si.C10H12.C9H10O.C8H9N.C6H8N.Mo/c1-12-17(22)10-13-6-2-4-8-15(13)19(12)20-16-9-5-3-7-14(16)11-18(23)21(20)24;1-17(16)15-13-11-9-7-5-6-8-10-12-14-18(2,3)4;1-5-6-7-8-9-10-11-12-13-14(2,3)4;1-10(2,3)9-7-5-4-6-8-9;1-3-10-9-6-4-8(2)5-7-9;1-6-4-3-5-7(2)8(6)9;1-5-3-4-6(2)7-5;/h10-11,24H,2-9H2,1H3;11,13H,5-10,16H2,1-4H3;5H,1,6-11H2,2-4H3;1,4-8H,2-3H3;3-7H,1H2,2H3;3-5H,1-2H3;3-4H,1-2H3;/q;;;;;;-1;/b;13-11-;;;;;;. The quantitative estimate of drug-likeness (QED) is 0.0207. The number of aromatic nitrogens is 1. The number of unbranched alkanes of at least 4 members (excludes halogenated alkanes) is 10. The van der Waals surface area contributed by atoms with Crippen LogP contribution in [0.2, 0.25) is 39.3 Å². The molecule has 12 heteroatoms. The van der Waals surface area contributed by atoms with Crippen molar-refractivity contribution in [1.29, 1.82) is 0 Å². The third-order valence-corrected chi connectivity index (χ3v) is 21.9. The van der Waals surface area contributed by atoms with Gasteiger partial charge >= 0.3 is 130 Å². The minimum absolute atomic E-state index is 0.101. The van der Waals surface area contributed by atoms with Crippen molar-refractivity contribution >= 4 is 74.9 Å². The summed E-state index contributed by atoms with van der Waals surface area (Å²) in [6, 6.07) is 33.3. The van der Waals surface area contributed by atoms with E-state index < -0.39 is 34.1 Å². The molecule has 0 amide bonds. The number of phenolic OH excluding ortho intramolecular Hbond substituents is 1. The first kappa shape index (κ1) is 83.0. The number of halogens is 2. The molecule has 0 fully saturated rings. The van der Waals surface area contributed by atoms with Crippen LogP contribution in [0.5, 0.6) is 11.5 Å². The topological polar surface area (TPSA) is 65.2 Å². The summed E-state index contributed by atoms with van der Waals surface area (Å²) in [5, 5.41) is 11.0. The van der Waals surface area contributed by atoms with Gasteiger partial charge in [0, 0.05) is 22.9 Å². The van der Waals surface area contributed by atoms with Gasteiger partial charge < -0.3 is 19.4 Å². The Bertz CT molecular complexity index is 3330. The van der Waals surface area contributed by atoms with E-state index in [1.165, 1.54) is 156 Å². The predicted molar refractivity (Wildman–Crippen MR) is 422 cm³/mol. The molecular formula is C81H113Br2MoN2O3P2Si2-. The Kier molecular flexibility index (Phi) is 40.4. The van der Waals surface area contributed by atoms with E-state index in [4.69, 9.17) is 12.8 Å². The van der Waals surface area contributed by atoms with Crippen LogP contribution in [0, 0.1) is 64.5 Å². The van der Waals surface area contributed by atoms with Crippen LogP contribution in [0.1, 0.15) is 178 Å². The van der Waals surface area contributed by atoms with Gasteiger partial charge in [-0.2, -0.15) is 11.4 Å². The Morgan fingerprint density at radius 1 is 0.656 bits per heavy atom. The summed E-state index contributed by atoms with van der Waals surface area (Å²) < 4.78 is 19.7. The summed E-state index contributed by atoms with van der Waals surface area (Å²) in [6.45, 7) is 40.1. The van der Waals surface area contributed by atoms with Crippen molar-refractivity contribution in [2.75, 3.05) is 6.66 Å². The number of ether oxygens (including phenoxy) is 1. The molecule has 2 atom stereocenters. The summed E-state index contributed by atoms with van der Waals surface area (Å²) >= 11 is 6.87. The molecule has 1 aromatic heterocycles. The minimum atomic E-state index is -1.14. The molecule has 0 bridgehead atoms. The first-order chi connectivity index (χ1) is 44.2. The molecule has 1 heterocycles. The molecule has 2 aliphatic rings. The number of aryl methyl sites for hydroxylation is 7. The van der Waals surface area contributed by atoms with E-state index in [1.807, 2.05) is 69.5 Å². The number of benzene rings is 5. The maximum atomic E-state index is 11.0. The van der Waals surface area contributed by atoms with Gasteiger partial charge in [0.25, 0.3) is 0 Å². The Balaban J connectivity index is 0.000000302.